The van der Waals surface area contributed by atoms with Crippen molar-refractivity contribution in [1.29, 1.82) is 5.41 Å². The summed E-state index contributed by atoms with van der Waals surface area (Å²) in [4.78, 5) is 0. The van der Waals surface area contributed by atoms with Crippen LogP contribution in [0.15, 0.2) is 48.5 Å². The van der Waals surface area contributed by atoms with Crippen molar-refractivity contribution < 1.29 is 0 Å². The molecule has 2 nitrogen and oxygen atoms in total. The van der Waals surface area contributed by atoms with Gasteiger partial charge in [-0.1, -0.05) is 88.1 Å². The molecular formula is C29H42N2. The van der Waals surface area contributed by atoms with Gasteiger partial charge in [0.1, 0.15) is 5.84 Å². The van der Waals surface area contributed by atoms with Crippen molar-refractivity contribution in [2.24, 2.45) is 17.6 Å². The molecule has 1 aliphatic rings. The maximum absolute atomic E-state index is 7.52. The SMILES string of the molecule is CCCC(CC)c1ccc(CCC2CCCC(CCc3ccc(C(=N)N)cc3)C2)cc1. The first-order valence-corrected chi connectivity index (χ1v) is 12.6. The van der Waals surface area contributed by atoms with Crippen molar-refractivity contribution in [2.45, 2.75) is 90.4 Å². The quantitative estimate of drug-likeness (QED) is 0.286. The van der Waals surface area contributed by atoms with E-state index in [0.717, 1.165) is 29.7 Å². The summed E-state index contributed by atoms with van der Waals surface area (Å²) >= 11 is 0. The predicted molar refractivity (Wildman–Crippen MR) is 134 cm³/mol. The van der Waals surface area contributed by atoms with E-state index < -0.39 is 0 Å². The third-order valence-electron chi connectivity index (χ3n) is 7.42. The van der Waals surface area contributed by atoms with Gasteiger partial charge in [0.25, 0.3) is 0 Å². The minimum atomic E-state index is 0.155. The molecule has 1 saturated carbocycles. The summed E-state index contributed by atoms with van der Waals surface area (Å²) in [5.74, 6) is 2.65. The molecule has 0 saturated heterocycles. The Kier molecular flexibility index (Phi) is 9.18. The predicted octanol–water partition coefficient (Wildman–Crippen LogP) is 7.64. The van der Waals surface area contributed by atoms with Gasteiger partial charge in [0.2, 0.25) is 0 Å². The second-order valence-corrected chi connectivity index (χ2v) is 9.72. The zero-order chi connectivity index (χ0) is 22.1. The summed E-state index contributed by atoms with van der Waals surface area (Å²) in [6, 6.07) is 17.8. The molecule has 2 aromatic carbocycles. The third kappa shape index (κ3) is 7.23. The molecule has 0 heterocycles. The van der Waals surface area contributed by atoms with E-state index in [-0.39, 0.29) is 5.84 Å². The van der Waals surface area contributed by atoms with Gasteiger partial charge < -0.3 is 5.73 Å². The molecule has 3 unspecified atom stereocenters. The van der Waals surface area contributed by atoms with Gasteiger partial charge in [-0.05, 0) is 79.4 Å². The van der Waals surface area contributed by atoms with Crippen LogP contribution in [0.3, 0.4) is 0 Å². The van der Waals surface area contributed by atoms with Gasteiger partial charge in [-0.3, -0.25) is 5.41 Å². The number of hydrogen-bond acceptors (Lipinski definition) is 1. The zero-order valence-corrected chi connectivity index (χ0v) is 19.7. The van der Waals surface area contributed by atoms with Crippen molar-refractivity contribution in [3.63, 3.8) is 0 Å². The number of amidine groups is 1. The molecule has 0 bridgehead atoms. The van der Waals surface area contributed by atoms with Gasteiger partial charge in [0.15, 0.2) is 0 Å². The van der Waals surface area contributed by atoms with Crippen molar-refractivity contribution >= 4 is 5.84 Å². The van der Waals surface area contributed by atoms with Gasteiger partial charge >= 0.3 is 0 Å². The molecule has 2 aromatic rings. The lowest BCUT2D eigenvalue weighted by Crippen LogP contribution is -2.17. The molecule has 0 aromatic heterocycles. The van der Waals surface area contributed by atoms with Crippen molar-refractivity contribution in [3.8, 4) is 0 Å². The first-order chi connectivity index (χ1) is 15.1. The minimum absolute atomic E-state index is 0.155. The van der Waals surface area contributed by atoms with Crippen LogP contribution < -0.4 is 5.73 Å². The molecule has 3 atom stereocenters. The second kappa shape index (κ2) is 12.1. The summed E-state index contributed by atoms with van der Waals surface area (Å²) in [7, 11) is 0. The standard InChI is InChI=1S/C29H42N2/c1-3-6-26(4-2)27-17-13-22(14-18-27)9-11-24-7-5-8-25(21-24)12-10-23-15-19-28(20-16-23)29(30)31/h13-20,24-26H,3-12,21H2,1-2H3,(H3,30,31). The summed E-state index contributed by atoms with van der Waals surface area (Å²) < 4.78 is 0. The Balaban J connectivity index is 1.43. The van der Waals surface area contributed by atoms with Crippen LogP contribution in [0.1, 0.15) is 99.8 Å². The number of benzene rings is 2. The van der Waals surface area contributed by atoms with E-state index in [1.54, 1.807) is 0 Å². The Bertz CT molecular complexity index is 790. The van der Waals surface area contributed by atoms with E-state index >= 15 is 0 Å². The first-order valence-electron chi connectivity index (χ1n) is 12.6. The largest absolute Gasteiger partial charge is 0.384 e. The molecule has 0 spiro atoms. The number of nitrogens with two attached hydrogens (primary N) is 1. The lowest BCUT2D eigenvalue weighted by Gasteiger charge is -2.29. The van der Waals surface area contributed by atoms with Crippen LogP contribution in [-0.4, -0.2) is 5.84 Å². The Morgan fingerprint density at radius 3 is 1.94 bits per heavy atom. The van der Waals surface area contributed by atoms with E-state index in [4.69, 9.17) is 11.1 Å². The van der Waals surface area contributed by atoms with Gasteiger partial charge in [-0.2, -0.15) is 0 Å². The molecule has 2 heteroatoms. The fourth-order valence-corrected chi connectivity index (χ4v) is 5.43. The number of nitrogens with one attached hydrogen (secondary N) is 1. The molecule has 1 aliphatic carbocycles. The molecule has 0 radical (unpaired) electrons. The Morgan fingerprint density at radius 2 is 1.45 bits per heavy atom. The minimum Gasteiger partial charge on any atom is -0.384 e. The average molecular weight is 419 g/mol. The monoisotopic (exact) mass is 418 g/mol. The summed E-state index contributed by atoms with van der Waals surface area (Å²) in [5, 5.41) is 7.52. The number of nitrogen functional groups attached to an aromatic ring is 1. The van der Waals surface area contributed by atoms with Crippen LogP contribution in [0.2, 0.25) is 0 Å². The third-order valence-corrected chi connectivity index (χ3v) is 7.42. The van der Waals surface area contributed by atoms with E-state index in [1.165, 1.54) is 80.9 Å². The zero-order valence-electron chi connectivity index (χ0n) is 19.7. The number of rotatable bonds is 11. The van der Waals surface area contributed by atoms with Gasteiger partial charge in [-0.15, -0.1) is 0 Å². The molecular weight excluding hydrogens is 376 g/mol. The van der Waals surface area contributed by atoms with Crippen LogP contribution in [-0.2, 0) is 12.8 Å². The molecule has 168 valence electrons. The van der Waals surface area contributed by atoms with E-state index in [1.807, 2.05) is 12.1 Å². The maximum Gasteiger partial charge on any atom is 0.122 e. The highest BCUT2D eigenvalue weighted by Gasteiger charge is 2.21. The average Bonchev–Trinajstić information content (AvgIpc) is 2.81. The Morgan fingerprint density at radius 1 is 0.903 bits per heavy atom. The first kappa shape index (κ1) is 23.6. The van der Waals surface area contributed by atoms with Gasteiger partial charge in [0, 0.05) is 5.56 Å². The van der Waals surface area contributed by atoms with Crippen LogP contribution in [0.4, 0.5) is 0 Å². The highest BCUT2D eigenvalue weighted by atomic mass is 14.7. The van der Waals surface area contributed by atoms with Crippen LogP contribution in [0, 0.1) is 17.2 Å². The lowest BCUT2D eigenvalue weighted by atomic mass is 9.77. The number of aryl methyl sites for hydroxylation is 2. The van der Waals surface area contributed by atoms with Crippen LogP contribution >= 0.6 is 0 Å². The fraction of sp³-hybridized carbons (Fsp3) is 0.552. The normalized spacial score (nSPS) is 19.8. The van der Waals surface area contributed by atoms with Crippen LogP contribution in [0.5, 0.6) is 0 Å². The van der Waals surface area contributed by atoms with E-state index in [9.17, 15) is 0 Å². The number of hydrogen-bond donors (Lipinski definition) is 2. The molecule has 0 aliphatic heterocycles. The van der Waals surface area contributed by atoms with Gasteiger partial charge in [0.05, 0.1) is 0 Å². The molecule has 0 amide bonds. The maximum atomic E-state index is 7.52. The molecule has 3 rings (SSSR count). The van der Waals surface area contributed by atoms with E-state index in [0.29, 0.717) is 0 Å². The molecule has 1 fully saturated rings. The topological polar surface area (TPSA) is 49.9 Å². The summed E-state index contributed by atoms with van der Waals surface area (Å²) in [6.45, 7) is 4.60. The van der Waals surface area contributed by atoms with Crippen molar-refractivity contribution in [1.82, 2.24) is 0 Å². The van der Waals surface area contributed by atoms with Crippen molar-refractivity contribution in [3.05, 3.63) is 70.8 Å². The smallest absolute Gasteiger partial charge is 0.122 e. The van der Waals surface area contributed by atoms with Crippen molar-refractivity contribution in [2.75, 3.05) is 0 Å². The highest BCUT2D eigenvalue weighted by Crippen LogP contribution is 2.34. The Hall–Kier alpha value is -2.09. The molecule has 3 N–H and O–H groups in total. The molecule has 31 heavy (non-hydrogen) atoms. The second-order valence-electron chi connectivity index (χ2n) is 9.72. The van der Waals surface area contributed by atoms with Gasteiger partial charge in [-0.25, -0.2) is 0 Å². The van der Waals surface area contributed by atoms with E-state index in [2.05, 4.69) is 50.2 Å². The fourth-order valence-electron chi connectivity index (χ4n) is 5.43. The van der Waals surface area contributed by atoms with Crippen LogP contribution in [0.25, 0.3) is 0 Å². The highest BCUT2D eigenvalue weighted by molar-refractivity contribution is 5.94. The Labute approximate surface area is 190 Å². The lowest BCUT2D eigenvalue weighted by molar-refractivity contribution is 0.244. The summed E-state index contributed by atoms with van der Waals surface area (Å²) in [5.41, 5.74) is 10.8. The summed E-state index contributed by atoms with van der Waals surface area (Å²) in [6.07, 6.45) is 14.4.